The van der Waals surface area contributed by atoms with Crippen molar-refractivity contribution in [3.63, 3.8) is 0 Å². The molecule has 0 radical (unpaired) electrons. The second kappa shape index (κ2) is 3.99. The first-order valence-corrected chi connectivity index (χ1v) is 6.85. The van der Waals surface area contributed by atoms with E-state index < -0.39 is 0 Å². The Balaban J connectivity index is 2.29. The first-order chi connectivity index (χ1) is 7.42. The van der Waals surface area contributed by atoms with E-state index >= 15 is 0 Å². The first-order valence-electron chi connectivity index (χ1n) is 6.03. The summed E-state index contributed by atoms with van der Waals surface area (Å²) in [6, 6.07) is 2.12. The zero-order chi connectivity index (χ0) is 11.9. The normalized spacial score (nSPS) is 23.6. The number of ketones is 1. The summed E-state index contributed by atoms with van der Waals surface area (Å²) in [6.45, 7) is 8.60. The molecule has 1 nitrogen and oxygen atoms in total. The van der Waals surface area contributed by atoms with E-state index in [-0.39, 0.29) is 11.3 Å². The second-order valence-electron chi connectivity index (χ2n) is 5.67. The molecule has 1 atom stereocenters. The maximum Gasteiger partial charge on any atom is 0.176 e. The quantitative estimate of drug-likeness (QED) is 0.697. The van der Waals surface area contributed by atoms with Crippen LogP contribution in [0.15, 0.2) is 6.07 Å². The molecule has 1 unspecified atom stereocenters. The lowest BCUT2D eigenvalue weighted by Gasteiger charge is -2.25. The lowest BCUT2D eigenvalue weighted by atomic mass is 9.79. The molecule has 0 bridgehead atoms. The third-order valence-corrected chi connectivity index (χ3v) is 5.01. The number of hydrogen-bond acceptors (Lipinski definition) is 2. The van der Waals surface area contributed by atoms with Crippen molar-refractivity contribution in [1.29, 1.82) is 0 Å². The molecule has 88 valence electrons. The van der Waals surface area contributed by atoms with Gasteiger partial charge in [-0.2, -0.15) is 0 Å². The predicted molar refractivity (Wildman–Crippen MR) is 69.2 cm³/mol. The zero-order valence-corrected chi connectivity index (χ0v) is 11.4. The Morgan fingerprint density at radius 1 is 1.44 bits per heavy atom. The highest BCUT2D eigenvalue weighted by Gasteiger charge is 2.40. The Morgan fingerprint density at radius 2 is 2.12 bits per heavy atom. The van der Waals surface area contributed by atoms with Crippen molar-refractivity contribution in [2.45, 2.75) is 47.0 Å². The third kappa shape index (κ3) is 1.95. The number of carbonyl (C=O) groups excluding carboxylic acids is 1. The summed E-state index contributed by atoms with van der Waals surface area (Å²) >= 11 is 1.66. The number of Topliss-reactive ketones (excluding diaryl/α,β-unsaturated/α-hetero) is 1. The van der Waals surface area contributed by atoms with Crippen molar-refractivity contribution in [2.24, 2.45) is 11.3 Å². The fraction of sp³-hybridized carbons (Fsp3) is 0.643. The Kier molecular flexibility index (Phi) is 2.95. The van der Waals surface area contributed by atoms with Gasteiger partial charge in [-0.3, -0.25) is 4.79 Å². The number of thiophene rings is 1. The molecule has 0 N–H and O–H groups in total. The van der Waals surface area contributed by atoms with Crippen LogP contribution in [0.3, 0.4) is 0 Å². The molecule has 0 amide bonds. The van der Waals surface area contributed by atoms with Gasteiger partial charge < -0.3 is 0 Å². The fourth-order valence-electron chi connectivity index (χ4n) is 2.86. The van der Waals surface area contributed by atoms with Gasteiger partial charge in [0.1, 0.15) is 0 Å². The molecule has 0 aromatic carbocycles. The largest absolute Gasteiger partial charge is 0.293 e. The van der Waals surface area contributed by atoms with Gasteiger partial charge in [0.2, 0.25) is 0 Å². The molecule has 2 heteroatoms. The SMILES string of the molecule is Cc1cc(C)c(C(=O)C2CCCC2(C)C)s1. The van der Waals surface area contributed by atoms with Crippen LogP contribution in [0.25, 0.3) is 0 Å². The molecule has 1 aliphatic rings. The topological polar surface area (TPSA) is 17.1 Å². The van der Waals surface area contributed by atoms with E-state index in [2.05, 4.69) is 33.8 Å². The van der Waals surface area contributed by atoms with E-state index in [0.717, 1.165) is 16.9 Å². The smallest absolute Gasteiger partial charge is 0.176 e. The molecule has 0 spiro atoms. The summed E-state index contributed by atoms with van der Waals surface area (Å²) in [7, 11) is 0. The predicted octanol–water partition coefficient (Wildman–Crippen LogP) is 4.37. The van der Waals surface area contributed by atoms with Gasteiger partial charge >= 0.3 is 0 Å². The maximum atomic E-state index is 12.5. The third-order valence-electron chi connectivity index (χ3n) is 3.84. The summed E-state index contributed by atoms with van der Waals surface area (Å²) < 4.78 is 0. The van der Waals surface area contributed by atoms with Gasteiger partial charge in [-0.15, -0.1) is 11.3 Å². The van der Waals surface area contributed by atoms with Crippen LogP contribution >= 0.6 is 11.3 Å². The summed E-state index contributed by atoms with van der Waals surface area (Å²) in [5.74, 6) is 0.627. The van der Waals surface area contributed by atoms with Gasteiger partial charge in [-0.25, -0.2) is 0 Å². The van der Waals surface area contributed by atoms with Crippen molar-refractivity contribution >= 4 is 17.1 Å². The van der Waals surface area contributed by atoms with E-state index in [0.29, 0.717) is 5.78 Å². The van der Waals surface area contributed by atoms with Crippen LogP contribution in [0.1, 0.15) is 53.2 Å². The standard InChI is InChI=1S/C14H20OS/c1-9-8-10(2)16-13(9)12(15)11-6-5-7-14(11,3)4/h8,11H,5-7H2,1-4H3. The molecule has 1 saturated carbocycles. The van der Waals surface area contributed by atoms with E-state index in [1.165, 1.54) is 17.7 Å². The highest BCUT2D eigenvalue weighted by molar-refractivity contribution is 7.14. The van der Waals surface area contributed by atoms with E-state index in [1.807, 2.05) is 0 Å². The number of rotatable bonds is 2. The van der Waals surface area contributed by atoms with Crippen LogP contribution in [0.2, 0.25) is 0 Å². The van der Waals surface area contributed by atoms with Crippen LogP contribution in [0.5, 0.6) is 0 Å². The van der Waals surface area contributed by atoms with Gasteiger partial charge in [0.25, 0.3) is 0 Å². The Bertz CT molecular complexity index is 414. The van der Waals surface area contributed by atoms with Crippen LogP contribution < -0.4 is 0 Å². The van der Waals surface area contributed by atoms with Crippen molar-refractivity contribution in [2.75, 3.05) is 0 Å². The molecule has 1 aromatic heterocycles. The van der Waals surface area contributed by atoms with Crippen molar-refractivity contribution in [1.82, 2.24) is 0 Å². The lowest BCUT2D eigenvalue weighted by Crippen LogP contribution is -2.25. The summed E-state index contributed by atoms with van der Waals surface area (Å²) in [6.07, 6.45) is 3.46. The summed E-state index contributed by atoms with van der Waals surface area (Å²) in [5.41, 5.74) is 1.36. The van der Waals surface area contributed by atoms with E-state index in [9.17, 15) is 4.79 Å². The molecular weight excluding hydrogens is 216 g/mol. The van der Waals surface area contributed by atoms with Gasteiger partial charge in [0.05, 0.1) is 4.88 Å². The summed E-state index contributed by atoms with van der Waals surface area (Å²) in [5, 5.41) is 0. The number of carbonyl (C=O) groups is 1. The minimum absolute atomic E-state index is 0.196. The van der Waals surface area contributed by atoms with Crippen LogP contribution in [0, 0.1) is 25.2 Å². The maximum absolute atomic E-state index is 12.5. The monoisotopic (exact) mass is 236 g/mol. The molecule has 0 saturated heterocycles. The Labute approximate surface area is 102 Å². The fourth-order valence-corrected chi connectivity index (χ4v) is 3.88. The lowest BCUT2D eigenvalue weighted by molar-refractivity contribution is 0.0843. The molecule has 1 aliphatic carbocycles. The van der Waals surface area contributed by atoms with Gasteiger partial charge in [0.15, 0.2) is 5.78 Å². The van der Waals surface area contributed by atoms with Crippen LogP contribution in [0.4, 0.5) is 0 Å². The minimum Gasteiger partial charge on any atom is -0.293 e. The molecule has 16 heavy (non-hydrogen) atoms. The average molecular weight is 236 g/mol. The minimum atomic E-state index is 0.196. The van der Waals surface area contributed by atoms with Crippen molar-refractivity contribution < 1.29 is 4.79 Å². The Morgan fingerprint density at radius 3 is 2.56 bits per heavy atom. The molecule has 1 fully saturated rings. The summed E-state index contributed by atoms with van der Waals surface area (Å²) in [4.78, 5) is 14.8. The number of aryl methyl sites for hydroxylation is 2. The van der Waals surface area contributed by atoms with E-state index in [4.69, 9.17) is 0 Å². The van der Waals surface area contributed by atoms with Crippen LogP contribution in [-0.4, -0.2) is 5.78 Å². The number of hydrogen-bond donors (Lipinski definition) is 0. The second-order valence-corrected chi connectivity index (χ2v) is 6.92. The molecule has 0 aliphatic heterocycles. The first kappa shape index (κ1) is 11.8. The van der Waals surface area contributed by atoms with Crippen molar-refractivity contribution in [3.05, 3.63) is 21.4 Å². The molecule has 1 heterocycles. The van der Waals surface area contributed by atoms with Gasteiger partial charge in [-0.05, 0) is 43.7 Å². The highest BCUT2D eigenvalue weighted by atomic mass is 32.1. The van der Waals surface area contributed by atoms with E-state index in [1.54, 1.807) is 11.3 Å². The zero-order valence-electron chi connectivity index (χ0n) is 10.6. The van der Waals surface area contributed by atoms with Gasteiger partial charge in [-0.1, -0.05) is 20.3 Å². The van der Waals surface area contributed by atoms with Gasteiger partial charge in [0, 0.05) is 10.8 Å². The molecular formula is C14H20OS. The van der Waals surface area contributed by atoms with Crippen LogP contribution in [-0.2, 0) is 0 Å². The average Bonchev–Trinajstić information content (AvgIpc) is 2.68. The molecule has 1 aromatic rings. The molecule has 2 rings (SSSR count). The van der Waals surface area contributed by atoms with Crippen molar-refractivity contribution in [3.8, 4) is 0 Å². The Hall–Kier alpha value is -0.630. The highest BCUT2D eigenvalue weighted by Crippen LogP contribution is 2.45.